The van der Waals surface area contributed by atoms with E-state index in [9.17, 15) is 0 Å². The van der Waals surface area contributed by atoms with Crippen molar-refractivity contribution in [3.05, 3.63) is 54.1 Å². The van der Waals surface area contributed by atoms with Crippen LogP contribution in [-0.4, -0.2) is 37.7 Å². The molecule has 0 saturated carbocycles. The zero-order valence-corrected chi connectivity index (χ0v) is 11.1. The second kappa shape index (κ2) is 6.53. The molecule has 1 aromatic rings. The van der Waals surface area contributed by atoms with Gasteiger partial charge in [0.05, 0.1) is 13.2 Å². The first-order valence-electron chi connectivity index (χ1n) is 6.51. The predicted molar refractivity (Wildman–Crippen MR) is 76.5 cm³/mol. The van der Waals surface area contributed by atoms with Gasteiger partial charge in [0, 0.05) is 19.6 Å². The highest BCUT2D eigenvalue weighted by Gasteiger charge is 2.13. The molecule has 0 spiro atoms. The standard InChI is InChI=1S/C16H21NO/c1-3-15(13-17-9-11-18-12-10-17)14(2)16-7-5-4-6-8-16/h3-8H,2,9-13H2,1H3/b15-3+. The van der Waals surface area contributed by atoms with Crippen molar-refractivity contribution in [2.24, 2.45) is 0 Å². The van der Waals surface area contributed by atoms with Crippen LogP contribution in [0.4, 0.5) is 0 Å². The van der Waals surface area contributed by atoms with Crippen molar-refractivity contribution in [2.75, 3.05) is 32.8 Å². The summed E-state index contributed by atoms with van der Waals surface area (Å²) in [6.07, 6.45) is 2.17. The van der Waals surface area contributed by atoms with Gasteiger partial charge in [-0.05, 0) is 23.6 Å². The summed E-state index contributed by atoms with van der Waals surface area (Å²) in [5, 5.41) is 0. The summed E-state index contributed by atoms with van der Waals surface area (Å²) in [5.41, 5.74) is 3.64. The van der Waals surface area contributed by atoms with Crippen LogP contribution in [0.2, 0.25) is 0 Å². The Bertz CT molecular complexity index is 416. The van der Waals surface area contributed by atoms with Gasteiger partial charge in [-0.15, -0.1) is 0 Å². The molecule has 0 radical (unpaired) electrons. The minimum atomic E-state index is 0.842. The van der Waals surface area contributed by atoms with E-state index in [0.29, 0.717) is 0 Å². The van der Waals surface area contributed by atoms with Crippen LogP contribution in [0.5, 0.6) is 0 Å². The molecule has 1 aliphatic rings. The van der Waals surface area contributed by atoms with Crippen molar-refractivity contribution in [1.82, 2.24) is 4.90 Å². The van der Waals surface area contributed by atoms with Crippen molar-refractivity contribution in [1.29, 1.82) is 0 Å². The summed E-state index contributed by atoms with van der Waals surface area (Å²) in [7, 11) is 0. The summed E-state index contributed by atoms with van der Waals surface area (Å²) in [6, 6.07) is 10.4. The summed E-state index contributed by atoms with van der Waals surface area (Å²) in [4.78, 5) is 2.42. The number of rotatable bonds is 4. The number of morpholine rings is 1. The lowest BCUT2D eigenvalue weighted by Crippen LogP contribution is -2.37. The van der Waals surface area contributed by atoms with E-state index in [2.05, 4.69) is 48.7 Å². The molecule has 1 saturated heterocycles. The molecular formula is C16H21NO. The van der Waals surface area contributed by atoms with E-state index in [0.717, 1.165) is 38.4 Å². The minimum absolute atomic E-state index is 0.842. The summed E-state index contributed by atoms with van der Waals surface area (Å²) >= 11 is 0. The number of allylic oxidation sites excluding steroid dienone is 1. The van der Waals surface area contributed by atoms with Crippen LogP contribution in [0.1, 0.15) is 12.5 Å². The Morgan fingerprint density at radius 1 is 1.28 bits per heavy atom. The van der Waals surface area contributed by atoms with E-state index in [1.807, 2.05) is 6.07 Å². The molecule has 0 bridgehead atoms. The van der Waals surface area contributed by atoms with Gasteiger partial charge >= 0.3 is 0 Å². The Balaban J connectivity index is 2.02. The van der Waals surface area contributed by atoms with Crippen molar-refractivity contribution in [3.63, 3.8) is 0 Å². The summed E-state index contributed by atoms with van der Waals surface area (Å²) in [6.45, 7) is 11.0. The Morgan fingerprint density at radius 3 is 2.56 bits per heavy atom. The van der Waals surface area contributed by atoms with Gasteiger partial charge in [0.1, 0.15) is 0 Å². The third kappa shape index (κ3) is 3.31. The van der Waals surface area contributed by atoms with Crippen LogP contribution in [0.15, 0.2) is 48.6 Å². The normalized spacial score (nSPS) is 17.7. The minimum Gasteiger partial charge on any atom is -0.379 e. The first-order chi connectivity index (χ1) is 8.81. The van der Waals surface area contributed by atoms with E-state index in [1.54, 1.807) is 0 Å². The van der Waals surface area contributed by atoms with Gasteiger partial charge in [-0.3, -0.25) is 4.90 Å². The first kappa shape index (κ1) is 13.1. The SMILES string of the molecule is C=C(/C(=C/C)CN1CCOCC1)c1ccccc1. The second-order valence-corrected chi connectivity index (χ2v) is 4.55. The van der Waals surface area contributed by atoms with Crippen LogP contribution in [0.3, 0.4) is 0 Å². The zero-order valence-electron chi connectivity index (χ0n) is 11.1. The molecule has 96 valence electrons. The lowest BCUT2D eigenvalue weighted by molar-refractivity contribution is 0.0427. The van der Waals surface area contributed by atoms with Gasteiger partial charge in [-0.2, -0.15) is 0 Å². The number of hydrogen-bond acceptors (Lipinski definition) is 2. The fourth-order valence-corrected chi connectivity index (χ4v) is 2.19. The van der Waals surface area contributed by atoms with Gasteiger partial charge in [-0.1, -0.05) is 43.0 Å². The van der Waals surface area contributed by atoms with Crippen LogP contribution in [0, 0.1) is 0 Å². The zero-order chi connectivity index (χ0) is 12.8. The molecule has 0 aliphatic carbocycles. The molecule has 0 aromatic heterocycles. The smallest absolute Gasteiger partial charge is 0.0594 e. The molecule has 0 N–H and O–H groups in total. The monoisotopic (exact) mass is 243 g/mol. The maximum Gasteiger partial charge on any atom is 0.0594 e. The van der Waals surface area contributed by atoms with Crippen molar-refractivity contribution in [2.45, 2.75) is 6.92 Å². The fourth-order valence-electron chi connectivity index (χ4n) is 2.19. The maximum absolute atomic E-state index is 5.38. The molecule has 0 atom stereocenters. The molecule has 2 rings (SSSR count). The molecule has 1 fully saturated rings. The molecule has 0 amide bonds. The molecule has 0 unspecified atom stereocenters. The van der Waals surface area contributed by atoms with Gasteiger partial charge in [0.2, 0.25) is 0 Å². The quantitative estimate of drug-likeness (QED) is 0.754. The van der Waals surface area contributed by atoms with Crippen molar-refractivity contribution >= 4 is 5.57 Å². The van der Waals surface area contributed by atoms with E-state index in [4.69, 9.17) is 4.74 Å². The van der Waals surface area contributed by atoms with E-state index in [-0.39, 0.29) is 0 Å². The average Bonchev–Trinajstić information content (AvgIpc) is 2.46. The molecule has 2 heteroatoms. The molecule has 2 nitrogen and oxygen atoms in total. The van der Waals surface area contributed by atoms with Gasteiger partial charge < -0.3 is 4.74 Å². The van der Waals surface area contributed by atoms with Crippen LogP contribution < -0.4 is 0 Å². The van der Waals surface area contributed by atoms with Crippen molar-refractivity contribution < 1.29 is 4.74 Å². The molecule has 1 aliphatic heterocycles. The lowest BCUT2D eigenvalue weighted by atomic mass is 9.99. The topological polar surface area (TPSA) is 12.5 Å². The number of nitrogens with zero attached hydrogens (tertiary/aromatic N) is 1. The largest absolute Gasteiger partial charge is 0.379 e. The highest BCUT2D eigenvalue weighted by Crippen LogP contribution is 2.21. The van der Waals surface area contributed by atoms with Gasteiger partial charge in [-0.25, -0.2) is 0 Å². The predicted octanol–water partition coefficient (Wildman–Crippen LogP) is 2.98. The van der Waals surface area contributed by atoms with E-state index < -0.39 is 0 Å². The van der Waals surface area contributed by atoms with Gasteiger partial charge in [0.15, 0.2) is 0 Å². The number of hydrogen-bond donors (Lipinski definition) is 0. The first-order valence-corrected chi connectivity index (χ1v) is 6.51. The molecule has 1 aromatic carbocycles. The third-order valence-corrected chi connectivity index (χ3v) is 3.36. The number of benzene rings is 1. The van der Waals surface area contributed by atoms with E-state index in [1.165, 1.54) is 11.1 Å². The second-order valence-electron chi connectivity index (χ2n) is 4.55. The van der Waals surface area contributed by atoms with Crippen molar-refractivity contribution in [3.8, 4) is 0 Å². The van der Waals surface area contributed by atoms with Gasteiger partial charge in [0.25, 0.3) is 0 Å². The lowest BCUT2D eigenvalue weighted by Gasteiger charge is -2.28. The van der Waals surface area contributed by atoms with E-state index >= 15 is 0 Å². The Hall–Kier alpha value is -1.38. The number of ether oxygens (including phenoxy) is 1. The molecule has 1 heterocycles. The summed E-state index contributed by atoms with van der Waals surface area (Å²) in [5.74, 6) is 0. The highest BCUT2D eigenvalue weighted by molar-refractivity contribution is 5.77. The highest BCUT2D eigenvalue weighted by atomic mass is 16.5. The molecular weight excluding hydrogens is 222 g/mol. The molecule has 18 heavy (non-hydrogen) atoms. The van der Waals surface area contributed by atoms with Crippen LogP contribution in [-0.2, 0) is 4.74 Å². The average molecular weight is 243 g/mol. The maximum atomic E-state index is 5.38. The Labute approximate surface area is 110 Å². The Morgan fingerprint density at radius 2 is 1.94 bits per heavy atom. The van der Waals surface area contributed by atoms with Crippen LogP contribution >= 0.6 is 0 Å². The fraction of sp³-hybridized carbons (Fsp3) is 0.375. The van der Waals surface area contributed by atoms with Crippen LogP contribution in [0.25, 0.3) is 5.57 Å². The Kier molecular flexibility index (Phi) is 4.73. The summed E-state index contributed by atoms with van der Waals surface area (Å²) < 4.78 is 5.38. The third-order valence-electron chi connectivity index (χ3n) is 3.36.